The maximum absolute atomic E-state index is 12.7. The van der Waals surface area contributed by atoms with E-state index in [4.69, 9.17) is 10.5 Å². The number of rotatable bonds is 3. The number of halogens is 4. The molecule has 0 aliphatic carbocycles. The molecule has 3 N–H and O–H groups in total. The van der Waals surface area contributed by atoms with Gasteiger partial charge in [-0.3, -0.25) is 0 Å². The molecule has 0 fully saturated rings. The fraction of sp³-hybridized carbons (Fsp3) is 0.154. The van der Waals surface area contributed by atoms with Crippen LogP contribution in [0.15, 0.2) is 34.9 Å². The minimum atomic E-state index is -4.53. The van der Waals surface area contributed by atoms with Gasteiger partial charge in [0.25, 0.3) is 0 Å². The molecule has 1 aromatic heterocycles. The van der Waals surface area contributed by atoms with E-state index in [9.17, 15) is 13.2 Å². The van der Waals surface area contributed by atoms with Crippen molar-refractivity contribution in [2.24, 2.45) is 0 Å². The number of alkyl halides is 3. The molecule has 8 heteroatoms. The number of pyridine rings is 1. The zero-order valence-electron chi connectivity index (χ0n) is 10.8. The van der Waals surface area contributed by atoms with Crippen molar-refractivity contribution in [1.82, 2.24) is 4.98 Å². The second kappa shape index (κ2) is 5.80. The van der Waals surface area contributed by atoms with E-state index in [2.05, 4.69) is 26.2 Å². The molecule has 0 saturated heterocycles. The zero-order chi connectivity index (χ0) is 15.6. The van der Waals surface area contributed by atoms with Crippen LogP contribution in [-0.2, 0) is 6.18 Å². The lowest BCUT2D eigenvalue weighted by molar-refractivity contribution is -0.141. The Bertz CT molecular complexity index is 662. The highest BCUT2D eigenvalue weighted by molar-refractivity contribution is 9.10. The second-order valence-electron chi connectivity index (χ2n) is 4.13. The van der Waals surface area contributed by atoms with Crippen molar-refractivity contribution < 1.29 is 17.9 Å². The lowest BCUT2D eigenvalue weighted by atomic mass is 10.2. The molecule has 0 spiro atoms. The average Bonchev–Trinajstić information content (AvgIpc) is 2.42. The van der Waals surface area contributed by atoms with Gasteiger partial charge in [-0.1, -0.05) is 0 Å². The molecule has 0 amide bonds. The number of aromatic nitrogens is 1. The van der Waals surface area contributed by atoms with Crippen molar-refractivity contribution >= 4 is 33.0 Å². The number of hydrogen-bond acceptors (Lipinski definition) is 4. The van der Waals surface area contributed by atoms with Gasteiger partial charge in [0.15, 0.2) is 0 Å². The summed E-state index contributed by atoms with van der Waals surface area (Å²) in [5.74, 6) is 0.560. The monoisotopic (exact) mass is 361 g/mol. The number of nitrogens with one attached hydrogen (secondary N) is 1. The number of nitrogen functional groups attached to an aromatic ring is 1. The third-order valence-corrected chi connectivity index (χ3v) is 3.36. The number of methoxy groups -OCH3 is 1. The third kappa shape index (κ3) is 3.57. The predicted molar refractivity (Wildman–Crippen MR) is 77.6 cm³/mol. The Labute approximate surface area is 127 Å². The molecule has 2 rings (SSSR count). The van der Waals surface area contributed by atoms with Gasteiger partial charge in [0.1, 0.15) is 11.4 Å². The first kappa shape index (κ1) is 15.4. The molecular weight excluding hydrogens is 351 g/mol. The maximum atomic E-state index is 12.7. The normalized spacial score (nSPS) is 11.3. The van der Waals surface area contributed by atoms with Crippen molar-refractivity contribution in [1.29, 1.82) is 0 Å². The summed E-state index contributed by atoms with van der Waals surface area (Å²) in [5.41, 5.74) is 5.40. The summed E-state index contributed by atoms with van der Waals surface area (Å²) in [5, 5.41) is 2.84. The molecule has 0 aliphatic heterocycles. The molecule has 4 nitrogen and oxygen atoms in total. The SMILES string of the molecule is COc1ccc(Br)c(Nc2cc(C(F)(F)F)ncc2N)c1. The topological polar surface area (TPSA) is 60.2 Å². The Morgan fingerprint density at radius 3 is 2.57 bits per heavy atom. The van der Waals surface area contributed by atoms with Crippen molar-refractivity contribution in [3.8, 4) is 5.75 Å². The van der Waals surface area contributed by atoms with Crippen LogP contribution in [0.3, 0.4) is 0 Å². The largest absolute Gasteiger partial charge is 0.497 e. The van der Waals surface area contributed by atoms with Crippen LogP contribution in [-0.4, -0.2) is 12.1 Å². The molecule has 1 heterocycles. The predicted octanol–water partition coefficient (Wildman–Crippen LogP) is 4.20. The Morgan fingerprint density at radius 2 is 1.95 bits per heavy atom. The molecule has 0 bridgehead atoms. The van der Waals surface area contributed by atoms with E-state index in [0.29, 0.717) is 15.9 Å². The van der Waals surface area contributed by atoms with Gasteiger partial charge in [0.05, 0.1) is 30.4 Å². The third-order valence-electron chi connectivity index (χ3n) is 2.67. The van der Waals surface area contributed by atoms with E-state index in [1.165, 1.54) is 7.11 Å². The van der Waals surface area contributed by atoms with E-state index in [1.54, 1.807) is 18.2 Å². The van der Waals surface area contributed by atoms with Gasteiger partial charge in [0, 0.05) is 10.5 Å². The summed E-state index contributed by atoms with van der Waals surface area (Å²) in [6, 6.07) is 5.92. The van der Waals surface area contributed by atoms with Crippen LogP contribution in [0.5, 0.6) is 5.75 Å². The maximum Gasteiger partial charge on any atom is 0.433 e. The van der Waals surface area contributed by atoms with Crippen LogP contribution in [0.1, 0.15) is 5.69 Å². The van der Waals surface area contributed by atoms with E-state index in [-0.39, 0.29) is 11.4 Å². The molecule has 0 saturated carbocycles. The summed E-state index contributed by atoms with van der Waals surface area (Å²) < 4.78 is 43.8. The van der Waals surface area contributed by atoms with Gasteiger partial charge in [-0.15, -0.1) is 0 Å². The van der Waals surface area contributed by atoms with Crippen LogP contribution in [0.4, 0.5) is 30.2 Å². The fourth-order valence-corrected chi connectivity index (χ4v) is 1.95. The van der Waals surface area contributed by atoms with Crippen molar-refractivity contribution in [2.75, 3.05) is 18.2 Å². The highest BCUT2D eigenvalue weighted by Gasteiger charge is 2.33. The average molecular weight is 362 g/mol. The number of ether oxygens (including phenoxy) is 1. The first-order chi connectivity index (χ1) is 9.81. The van der Waals surface area contributed by atoms with Gasteiger partial charge >= 0.3 is 6.18 Å². The van der Waals surface area contributed by atoms with Crippen LogP contribution < -0.4 is 15.8 Å². The van der Waals surface area contributed by atoms with Crippen molar-refractivity contribution in [3.63, 3.8) is 0 Å². The Kier molecular flexibility index (Phi) is 4.26. The minimum absolute atomic E-state index is 0.109. The number of nitrogens with two attached hydrogens (primary N) is 1. The van der Waals surface area contributed by atoms with Crippen LogP contribution >= 0.6 is 15.9 Å². The van der Waals surface area contributed by atoms with Crippen molar-refractivity contribution in [3.05, 3.63) is 40.6 Å². The molecule has 2 aromatic rings. The molecular formula is C13H11BrF3N3O. The first-order valence-electron chi connectivity index (χ1n) is 5.74. The lowest BCUT2D eigenvalue weighted by Crippen LogP contribution is -2.09. The molecule has 0 radical (unpaired) electrons. The van der Waals surface area contributed by atoms with Gasteiger partial charge in [-0.05, 0) is 34.1 Å². The smallest absolute Gasteiger partial charge is 0.433 e. The van der Waals surface area contributed by atoms with E-state index in [1.807, 2.05) is 0 Å². The number of nitrogens with zero attached hydrogens (tertiary/aromatic N) is 1. The highest BCUT2D eigenvalue weighted by Crippen LogP contribution is 2.35. The molecule has 0 aliphatic rings. The minimum Gasteiger partial charge on any atom is -0.497 e. The lowest BCUT2D eigenvalue weighted by Gasteiger charge is -2.14. The Balaban J connectivity index is 2.39. The van der Waals surface area contributed by atoms with E-state index in [0.717, 1.165) is 12.3 Å². The van der Waals surface area contributed by atoms with Crippen LogP contribution in [0.25, 0.3) is 0 Å². The molecule has 1 aromatic carbocycles. The summed E-state index contributed by atoms with van der Waals surface area (Å²) in [7, 11) is 1.50. The van der Waals surface area contributed by atoms with Crippen LogP contribution in [0, 0.1) is 0 Å². The van der Waals surface area contributed by atoms with Crippen molar-refractivity contribution in [2.45, 2.75) is 6.18 Å². The molecule has 21 heavy (non-hydrogen) atoms. The van der Waals surface area contributed by atoms with Crippen LogP contribution in [0.2, 0.25) is 0 Å². The summed E-state index contributed by atoms with van der Waals surface area (Å²) in [4.78, 5) is 3.28. The van der Waals surface area contributed by atoms with E-state index < -0.39 is 11.9 Å². The summed E-state index contributed by atoms with van der Waals surface area (Å²) in [6.07, 6.45) is -3.56. The standard InChI is InChI=1S/C13H11BrF3N3O/c1-21-7-2-3-8(14)10(4-7)20-11-5-12(13(15,16)17)19-6-9(11)18/h2-6H,18H2,1H3,(H,19,20). The van der Waals surface area contributed by atoms with Gasteiger partial charge < -0.3 is 15.8 Å². The first-order valence-corrected chi connectivity index (χ1v) is 6.54. The molecule has 0 unspecified atom stereocenters. The number of anilines is 3. The zero-order valence-corrected chi connectivity index (χ0v) is 12.4. The Hall–Kier alpha value is -1.96. The summed E-state index contributed by atoms with van der Waals surface area (Å²) in [6.45, 7) is 0. The van der Waals surface area contributed by atoms with Gasteiger partial charge in [-0.25, -0.2) is 4.98 Å². The van der Waals surface area contributed by atoms with E-state index >= 15 is 0 Å². The number of benzene rings is 1. The van der Waals surface area contributed by atoms with Gasteiger partial charge in [-0.2, -0.15) is 13.2 Å². The Morgan fingerprint density at radius 1 is 1.24 bits per heavy atom. The second-order valence-corrected chi connectivity index (χ2v) is 4.98. The highest BCUT2D eigenvalue weighted by atomic mass is 79.9. The number of hydrogen-bond donors (Lipinski definition) is 2. The molecule has 0 atom stereocenters. The quantitative estimate of drug-likeness (QED) is 0.859. The molecule has 112 valence electrons. The van der Waals surface area contributed by atoms with Gasteiger partial charge in [0.2, 0.25) is 0 Å². The summed E-state index contributed by atoms with van der Waals surface area (Å²) >= 11 is 3.30. The fourth-order valence-electron chi connectivity index (χ4n) is 1.60.